The molecular formula is C63H34N4S3. The van der Waals surface area contributed by atoms with E-state index in [2.05, 4.69) is 198 Å². The van der Waals surface area contributed by atoms with Crippen molar-refractivity contribution in [3.05, 3.63) is 211 Å². The van der Waals surface area contributed by atoms with Gasteiger partial charge in [0.1, 0.15) is 6.07 Å². The lowest BCUT2D eigenvalue weighted by Gasteiger charge is -2.26. The molecule has 15 aromatic rings. The molecule has 15 rings (SSSR count). The Morgan fingerprint density at radius 3 is 1.24 bits per heavy atom. The molecule has 0 saturated carbocycles. The average Bonchev–Trinajstić information content (AvgIpc) is 4.23. The van der Waals surface area contributed by atoms with Crippen molar-refractivity contribution in [3.63, 3.8) is 0 Å². The van der Waals surface area contributed by atoms with E-state index in [1.165, 1.54) is 50.4 Å². The van der Waals surface area contributed by atoms with Gasteiger partial charge in [-0.15, -0.1) is 34.0 Å². The van der Waals surface area contributed by atoms with Gasteiger partial charge in [0.25, 0.3) is 0 Å². The summed E-state index contributed by atoms with van der Waals surface area (Å²) in [6.07, 6.45) is 0. The summed E-state index contributed by atoms with van der Waals surface area (Å²) in [5, 5.41) is 23.9. The normalized spacial score (nSPS) is 12.0. The number of thiophene rings is 3. The highest BCUT2D eigenvalue weighted by Crippen LogP contribution is 2.55. The fraction of sp³-hybridized carbons (Fsp3) is 0.0159. The maximum atomic E-state index is 12.3. The van der Waals surface area contributed by atoms with Crippen LogP contribution in [0.25, 0.3) is 143 Å². The van der Waals surface area contributed by atoms with Gasteiger partial charge in [-0.1, -0.05) is 170 Å². The zero-order valence-electron chi connectivity index (χ0n) is 37.4. The number of nitriles is 1. The number of aromatic nitrogens is 2. The first-order chi connectivity index (χ1) is 34.6. The van der Waals surface area contributed by atoms with E-state index >= 15 is 0 Å². The second-order valence-electron chi connectivity index (χ2n) is 18.1. The molecule has 0 amide bonds. The van der Waals surface area contributed by atoms with Crippen LogP contribution in [0.2, 0.25) is 0 Å². The SMILES string of the molecule is [C-]#[N+]c1c(-c2ccccc2)c(-n2c3c(ccc4c5ccccc5sc43)c3ccc4c5ccccc5sc4c32)c(-c2ccccc2)c(C#N)c1-n1c2c(C)cccc2c2ccc3c4ccccc4sc3c21. The molecular weight excluding hydrogens is 909 g/mol. The molecule has 7 heteroatoms. The van der Waals surface area contributed by atoms with Crippen molar-refractivity contribution < 1.29 is 0 Å². The molecule has 5 aromatic heterocycles. The van der Waals surface area contributed by atoms with Gasteiger partial charge in [0, 0.05) is 79.1 Å². The molecule has 0 unspecified atom stereocenters. The van der Waals surface area contributed by atoms with Gasteiger partial charge < -0.3 is 9.13 Å². The van der Waals surface area contributed by atoms with Crippen LogP contribution in [-0.2, 0) is 0 Å². The van der Waals surface area contributed by atoms with Crippen molar-refractivity contribution >= 4 is 144 Å². The van der Waals surface area contributed by atoms with E-state index < -0.39 is 0 Å². The molecule has 0 aliphatic rings. The van der Waals surface area contributed by atoms with E-state index in [9.17, 15) is 11.8 Å². The number of hydrogen-bond donors (Lipinski definition) is 0. The molecule has 0 fully saturated rings. The van der Waals surface area contributed by atoms with Crippen LogP contribution in [0, 0.1) is 24.8 Å². The van der Waals surface area contributed by atoms with Crippen LogP contribution in [0.15, 0.2) is 188 Å². The first-order valence-corrected chi connectivity index (χ1v) is 25.7. The predicted octanol–water partition coefficient (Wildman–Crippen LogP) is 19.0. The summed E-state index contributed by atoms with van der Waals surface area (Å²) in [7, 11) is 0. The summed E-state index contributed by atoms with van der Waals surface area (Å²) in [4.78, 5) is 4.71. The Hall–Kier alpha value is -8.56. The number of aryl methyl sites for hydroxylation is 1. The Morgan fingerprint density at radius 1 is 0.400 bits per heavy atom. The first-order valence-electron chi connectivity index (χ1n) is 23.3. The van der Waals surface area contributed by atoms with Crippen molar-refractivity contribution in [1.82, 2.24) is 9.13 Å². The lowest BCUT2D eigenvalue weighted by molar-refractivity contribution is 1.15. The van der Waals surface area contributed by atoms with Gasteiger partial charge in [-0.05, 0) is 41.8 Å². The van der Waals surface area contributed by atoms with Crippen molar-refractivity contribution in [2.45, 2.75) is 6.92 Å². The van der Waals surface area contributed by atoms with Gasteiger partial charge in [-0.25, -0.2) is 4.85 Å². The maximum Gasteiger partial charge on any atom is 0.221 e. The van der Waals surface area contributed by atoms with E-state index in [1.54, 1.807) is 11.3 Å². The standard InChI is InChI=1S/C63H34N4S3/c1-35-16-15-24-41-42-28-31-45-38-21-9-12-25-49(38)68-61(45)57(42)66(55(35)41)56-48(34-64)52(36-17-5-3-6-18-36)60(53(54(56)65-2)37-19-7-4-8-20-37)67-58-43(29-32-46-39-22-10-13-26-50(39)69-62(46)58)44-30-33-47-40-23-11-14-27-51(40)70-63(47)59(44)67/h3-33H,1H3. The Labute approximate surface area is 412 Å². The highest BCUT2D eigenvalue weighted by Gasteiger charge is 2.33. The third-order valence-corrected chi connectivity index (χ3v) is 18.1. The molecule has 0 atom stereocenters. The second kappa shape index (κ2) is 14.7. The second-order valence-corrected chi connectivity index (χ2v) is 21.2. The number of rotatable bonds is 4. The van der Waals surface area contributed by atoms with E-state index in [1.807, 2.05) is 34.8 Å². The van der Waals surface area contributed by atoms with Gasteiger partial charge in [0.2, 0.25) is 5.69 Å². The van der Waals surface area contributed by atoms with Gasteiger partial charge in [0.15, 0.2) is 0 Å². The van der Waals surface area contributed by atoms with Crippen molar-refractivity contribution in [2.75, 3.05) is 0 Å². The van der Waals surface area contributed by atoms with Gasteiger partial charge in [-0.2, -0.15) is 5.26 Å². The minimum atomic E-state index is 0.430. The third kappa shape index (κ3) is 5.21. The molecule has 0 radical (unpaired) electrons. The fourth-order valence-corrected chi connectivity index (χ4v) is 15.3. The largest absolute Gasteiger partial charge is 0.316 e. The van der Waals surface area contributed by atoms with Gasteiger partial charge in [0.05, 0.1) is 59.7 Å². The lowest BCUT2D eigenvalue weighted by atomic mass is 9.88. The monoisotopic (exact) mass is 942 g/mol. The molecule has 0 N–H and O–H groups in total. The number of nitrogens with zero attached hydrogens (tertiary/aromatic N) is 4. The van der Waals surface area contributed by atoms with Crippen LogP contribution < -0.4 is 0 Å². The van der Waals surface area contributed by atoms with Crippen LogP contribution >= 0.6 is 34.0 Å². The molecule has 0 saturated heterocycles. The van der Waals surface area contributed by atoms with Gasteiger partial charge >= 0.3 is 0 Å². The predicted molar refractivity (Wildman–Crippen MR) is 300 cm³/mol. The van der Waals surface area contributed by atoms with Crippen molar-refractivity contribution in [3.8, 4) is 39.7 Å². The van der Waals surface area contributed by atoms with Crippen LogP contribution in [-0.4, -0.2) is 9.13 Å². The topological polar surface area (TPSA) is 38.0 Å². The van der Waals surface area contributed by atoms with E-state index in [0.29, 0.717) is 16.9 Å². The zero-order valence-corrected chi connectivity index (χ0v) is 39.9. The molecule has 5 heterocycles. The highest BCUT2D eigenvalue weighted by atomic mass is 32.1. The smallest absolute Gasteiger partial charge is 0.221 e. The molecule has 0 aliphatic heterocycles. The van der Waals surface area contributed by atoms with Crippen molar-refractivity contribution in [2.24, 2.45) is 0 Å². The molecule has 70 heavy (non-hydrogen) atoms. The Kier molecular flexibility index (Phi) is 8.29. The summed E-state index contributed by atoms with van der Waals surface area (Å²) >= 11 is 5.40. The summed E-state index contributed by atoms with van der Waals surface area (Å²) < 4.78 is 11.9. The van der Waals surface area contributed by atoms with Crippen LogP contribution in [0.3, 0.4) is 0 Å². The van der Waals surface area contributed by atoms with Crippen LogP contribution in [0.4, 0.5) is 5.69 Å². The van der Waals surface area contributed by atoms with E-state index in [-0.39, 0.29) is 0 Å². The molecule has 324 valence electrons. The third-order valence-electron chi connectivity index (χ3n) is 14.5. The highest BCUT2D eigenvalue weighted by molar-refractivity contribution is 7.27. The maximum absolute atomic E-state index is 12.3. The lowest BCUT2D eigenvalue weighted by Crippen LogP contribution is -2.08. The van der Waals surface area contributed by atoms with Crippen molar-refractivity contribution in [1.29, 1.82) is 5.26 Å². The molecule has 0 aliphatic carbocycles. The van der Waals surface area contributed by atoms with E-state index in [0.717, 1.165) is 87.2 Å². The Morgan fingerprint density at radius 2 is 0.786 bits per heavy atom. The fourth-order valence-electron chi connectivity index (χ4n) is 11.6. The van der Waals surface area contributed by atoms with Crippen LogP contribution in [0.5, 0.6) is 0 Å². The minimum absolute atomic E-state index is 0.430. The molecule has 10 aromatic carbocycles. The average molecular weight is 943 g/mol. The van der Waals surface area contributed by atoms with Crippen LogP contribution in [0.1, 0.15) is 11.1 Å². The number of hydrogen-bond acceptors (Lipinski definition) is 4. The molecule has 4 nitrogen and oxygen atoms in total. The van der Waals surface area contributed by atoms with Gasteiger partial charge in [-0.3, -0.25) is 0 Å². The summed E-state index contributed by atoms with van der Waals surface area (Å²) in [6, 6.07) is 69.9. The molecule has 0 bridgehead atoms. The number of fused-ring (bicyclic) bond motifs is 18. The first kappa shape index (κ1) is 39.4. The number of benzene rings is 10. The summed E-state index contributed by atoms with van der Waals surface area (Å²) in [6.45, 7) is 11.8. The quantitative estimate of drug-likeness (QED) is 0.162. The Balaban J connectivity index is 1.25. The summed E-state index contributed by atoms with van der Waals surface area (Å²) in [5.74, 6) is 0. The Bertz CT molecular complexity index is 4650. The van der Waals surface area contributed by atoms with E-state index in [4.69, 9.17) is 4.85 Å². The molecule has 0 spiro atoms. The number of para-hydroxylation sites is 1. The minimum Gasteiger partial charge on any atom is -0.316 e. The summed E-state index contributed by atoms with van der Waals surface area (Å²) in [5.41, 5.74) is 10.9. The zero-order chi connectivity index (χ0) is 46.4.